The second kappa shape index (κ2) is 7.78. The molecular formula is C16H13BrN2O5. The highest BCUT2D eigenvalue weighted by Crippen LogP contribution is 2.29. The normalized spacial score (nSPS) is 13.0. The molecule has 2 aromatic rings. The van der Waals surface area contributed by atoms with Crippen LogP contribution in [0.5, 0.6) is 0 Å². The van der Waals surface area contributed by atoms with Crippen molar-refractivity contribution in [3.05, 3.63) is 86.0 Å². The SMILES string of the molecule is O=C(c1ccccc1)[C@@H](Br)[C@@H](C[N+](=O)[O-])c1ccc([N+](=O)[O-])cc1. The Morgan fingerprint density at radius 2 is 1.58 bits per heavy atom. The Hall–Kier alpha value is -2.61. The van der Waals surface area contributed by atoms with Gasteiger partial charge in [-0.25, -0.2) is 0 Å². The van der Waals surface area contributed by atoms with Gasteiger partial charge >= 0.3 is 0 Å². The van der Waals surface area contributed by atoms with Gasteiger partial charge in [-0.05, 0) is 5.56 Å². The Morgan fingerprint density at radius 3 is 2.08 bits per heavy atom. The summed E-state index contributed by atoms with van der Waals surface area (Å²) in [6, 6.07) is 13.9. The van der Waals surface area contributed by atoms with Crippen LogP contribution in [-0.2, 0) is 0 Å². The van der Waals surface area contributed by atoms with Crippen LogP contribution in [0.2, 0.25) is 0 Å². The summed E-state index contributed by atoms with van der Waals surface area (Å²) in [6.07, 6.45) is 0. The first kappa shape index (κ1) is 17.7. The molecule has 0 aliphatic rings. The highest BCUT2D eigenvalue weighted by Gasteiger charge is 2.32. The van der Waals surface area contributed by atoms with Crippen LogP contribution in [0.3, 0.4) is 0 Å². The number of nitro groups is 2. The molecule has 0 aliphatic heterocycles. The Kier molecular flexibility index (Phi) is 5.75. The summed E-state index contributed by atoms with van der Waals surface area (Å²) in [5.74, 6) is -1.02. The molecule has 0 radical (unpaired) electrons. The highest BCUT2D eigenvalue weighted by atomic mass is 79.9. The molecule has 0 saturated heterocycles. The van der Waals surface area contributed by atoms with Gasteiger partial charge in [-0.1, -0.05) is 58.4 Å². The summed E-state index contributed by atoms with van der Waals surface area (Å²) in [7, 11) is 0. The molecule has 24 heavy (non-hydrogen) atoms. The number of nitrogens with zero attached hydrogens (tertiary/aromatic N) is 2. The summed E-state index contributed by atoms with van der Waals surface area (Å²) in [4.78, 5) is 32.4. The summed E-state index contributed by atoms with van der Waals surface area (Å²) < 4.78 is 0. The third kappa shape index (κ3) is 4.23. The van der Waals surface area contributed by atoms with Crippen LogP contribution in [0.25, 0.3) is 0 Å². The fraction of sp³-hybridized carbons (Fsp3) is 0.188. The van der Waals surface area contributed by atoms with Gasteiger partial charge in [-0.15, -0.1) is 0 Å². The number of Topliss-reactive ketones (excluding diaryl/α,β-unsaturated/α-hetero) is 1. The molecule has 2 rings (SSSR count). The number of non-ortho nitro benzene ring substituents is 1. The quantitative estimate of drug-likeness (QED) is 0.309. The Bertz CT molecular complexity index is 749. The number of hydrogen-bond donors (Lipinski definition) is 0. The number of alkyl halides is 1. The average molecular weight is 393 g/mol. The van der Waals surface area contributed by atoms with Crippen molar-refractivity contribution >= 4 is 27.4 Å². The number of carbonyl (C=O) groups excluding carboxylic acids is 1. The molecule has 0 fully saturated rings. The molecule has 0 aromatic heterocycles. The first-order chi connectivity index (χ1) is 11.4. The van der Waals surface area contributed by atoms with E-state index in [9.17, 15) is 25.0 Å². The number of carbonyl (C=O) groups is 1. The number of ketones is 1. The number of benzene rings is 2. The van der Waals surface area contributed by atoms with E-state index in [1.54, 1.807) is 30.3 Å². The van der Waals surface area contributed by atoms with Crippen LogP contribution in [0.1, 0.15) is 21.8 Å². The van der Waals surface area contributed by atoms with Crippen LogP contribution in [0, 0.1) is 20.2 Å². The van der Waals surface area contributed by atoms with Crippen molar-refractivity contribution in [1.29, 1.82) is 0 Å². The summed E-state index contributed by atoms with van der Waals surface area (Å²) in [6.45, 7) is -0.466. The second-order valence-electron chi connectivity index (χ2n) is 5.10. The van der Waals surface area contributed by atoms with E-state index in [0.29, 0.717) is 11.1 Å². The van der Waals surface area contributed by atoms with E-state index in [1.165, 1.54) is 24.3 Å². The van der Waals surface area contributed by atoms with Crippen LogP contribution in [-0.4, -0.2) is 27.0 Å². The molecule has 2 atom stereocenters. The minimum absolute atomic E-state index is 0.112. The first-order valence-electron chi connectivity index (χ1n) is 6.99. The zero-order valence-electron chi connectivity index (χ0n) is 12.4. The van der Waals surface area contributed by atoms with Gasteiger partial charge in [0.15, 0.2) is 5.78 Å². The molecule has 0 N–H and O–H groups in total. The van der Waals surface area contributed by atoms with Gasteiger partial charge in [0.05, 0.1) is 15.7 Å². The molecule has 2 aromatic carbocycles. The molecule has 0 spiro atoms. The van der Waals surface area contributed by atoms with Gasteiger partial charge in [0.25, 0.3) is 5.69 Å². The lowest BCUT2D eigenvalue weighted by molar-refractivity contribution is -0.483. The molecule has 0 amide bonds. The third-order valence-corrected chi connectivity index (χ3v) is 4.59. The maximum atomic E-state index is 12.5. The highest BCUT2D eigenvalue weighted by molar-refractivity contribution is 9.10. The molecule has 0 aliphatic carbocycles. The minimum atomic E-state index is -0.813. The maximum absolute atomic E-state index is 12.5. The van der Waals surface area contributed by atoms with Gasteiger partial charge in [0.2, 0.25) is 6.54 Å². The maximum Gasteiger partial charge on any atom is 0.269 e. The van der Waals surface area contributed by atoms with E-state index in [2.05, 4.69) is 15.9 Å². The fourth-order valence-electron chi connectivity index (χ4n) is 2.32. The number of halogens is 1. The van der Waals surface area contributed by atoms with E-state index < -0.39 is 27.1 Å². The van der Waals surface area contributed by atoms with E-state index in [4.69, 9.17) is 0 Å². The van der Waals surface area contributed by atoms with Crippen molar-refractivity contribution in [2.45, 2.75) is 10.7 Å². The smallest absolute Gasteiger partial charge is 0.269 e. The lowest BCUT2D eigenvalue weighted by Gasteiger charge is -2.18. The van der Waals surface area contributed by atoms with Gasteiger partial charge in [-0.2, -0.15) is 0 Å². The topological polar surface area (TPSA) is 103 Å². The molecule has 0 bridgehead atoms. The van der Waals surface area contributed by atoms with E-state index in [0.717, 1.165) is 0 Å². The van der Waals surface area contributed by atoms with Gasteiger partial charge in [0, 0.05) is 22.6 Å². The Morgan fingerprint density at radius 1 is 1.00 bits per heavy atom. The molecule has 0 unspecified atom stereocenters. The summed E-state index contributed by atoms with van der Waals surface area (Å²) in [5.41, 5.74) is 0.817. The third-order valence-electron chi connectivity index (χ3n) is 3.54. The molecule has 8 heteroatoms. The summed E-state index contributed by atoms with van der Waals surface area (Å²) in [5, 5.41) is 21.7. The fourth-order valence-corrected chi connectivity index (χ4v) is 3.05. The zero-order valence-corrected chi connectivity index (χ0v) is 14.0. The van der Waals surface area contributed by atoms with Crippen molar-refractivity contribution in [3.63, 3.8) is 0 Å². The monoisotopic (exact) mass is 392 g/mol. The van der Waals surface area contributed by atoms with E-state index >= 15 is 0 Å². The van der Waals surface area contributed by atoms with Crippen molar-refractivity contribution in [1.82, 2.24) is 0 Å². The zero-order chi connectivity index (χ0) is 17.7. The molecule has 124 valence electrons. The van der Waals surface area contributed by atoms with Crippen LogP contribution in [0.15, 0.2) is 54.6 Å². The van der Waals surface area contributed by atoms with Crippen molar-refractivity contribution < 1.29 is 14.6 Å². The van der Waals surface area contributed by atoms with Crippen LogP contribution < -0.4 is 0 Å². The first-order valence-corrected chi connectivity index (χ1v) is 7.91. The number of nitro benzene ring substituents is 1. The molecule has 0 heterocycles. The minimum Gasteiger partial charge on any atom is -0.293 e. The lowest BCUT2D eigenvalue weighted by atomic mass is 9.91. The van der Waals surface area contributed by atoms with E-state index in [-0.39, 0.29) is 11.5 Å². The summed E-state index contributed by atoms with van der Waals surface area (Å²) >= 11 is 3.27. The Balaban J connectivity index is 2.32. The lowest BCUT2D eigenvalue weighted by Crippen LogP contribution is -2.28. The van der Waals surface area contributed by atoms with Crippen molar-refractivity contribution in [3.8, 4) is 0 Å². The van der Waals surface area contributed by atoms with Gasteiger partial charge in [-0.3, -0.25) is 25.0 Å². The van der Waals surface area contributed by atoms with Gasteiger partial charge in [0.1, 0.15) is 0 Å². The standard InChI is InChI=1S/C16H13BrN2O5/c17-15(16(20)12-4-2-1-3-5-12)14(10-18(21)22)11-6-8-13(9-7-11)19(23)24/h1-9,14-15H,10H2/t14-,15-/m0/s1. The Labute approximate surface area is 145 Å². The van der Waals surface area contributed by atoms with Crippen molar-refractivity contribution in [2.75, 3.05) is 6.54 Å². The van der Waals surface area contributed by atoms with Crippen LogP contribution >= 0.6 is 15.9 Å². The second-order valence-corrected chi connectivity index (χ2v) is 6.09. The number of hydrogen-bond acceptors (Lipinski definition) is 5. The molecule has 7 nitrogen and oxygen atoms in total. The van der Waals surface area contributed by atoms with Crippen LogP contribution in [0.4, 0.5) is 5.69 Å². The largest absolute Gasteiger partial charge is 0.293 e. The predicted octanol–water partition coefficient (Wildman–Crippen LogP) is 3.60. The van der Waals surface area contributed by atoms with Gasteiger partial charge < -0.3 is 0 Å². The molecular weight excluding hydrogens is 380 g/mol. The molecule has 0 saturated carbocycles. The van der Waals surface area contributed by atoms with Crippen molar-refractivity contribution in [2.24, 2.45) is 0 Å². The average Bonchev–Trinajstić information content (AvgIpc) is 2.59. The van der Waals surface area contributed by atoms with E-state index in [1.807, 2.05) is 0 Å². The number of rotatable bonds is 7. The predicted molar refractivity (Wildman–Crippen MR) is 91.2 cm³/mol.